The van der Waals surface area contributed by atoms with E-state index in [4.69, 9.17) is 0 Å². The summed E-state index contributed by atoms with van der Waals surface area (Å²) in [5.74, 6) is 1.28. The monoisotopic (exact) mass is 441 g/mol. The first-order valence-electron chi connectivity index (χ1n) is 11.3. The topological polar surface area (TPSA) is 96.8 Å². The van der Waals surface area contributed by atoms with E-state index in [-0.39, 0.29) is 18.0 Å². The van der Waals surface area contributed by atoms with Crippen LogP contribution in [0.5, 0.6) is 0 Å². The summed E-state index contributed by atoms with van der Waals surface area (Å²) in [6, 6.07) is 17.7. The number of imidazole rings is 1. The van der Waals surface area contributed by atoms with Crippen molar-refractivity contribution in [2.45, 2.75) is 38.3 Å². The Morgan fingerprint density at radius 1 is 1.12 bits per heavy atom. The highest BCUT2D eigenvalue weighted by atomic mass is 16.2. The van der Waals surface area contributed by atoms with Gasteiger partial charge in [-0.3, -0.25) is 9.36 Å². The first-order chi connectivity index (χ1) is 16.2. The maximum Gasteiger partial charge on any atom is 0.241 e. The van der Waals surface area contributed by atoms with E-state index in [9.17, 15) is 4.79 Å². The Kier molecular flexibility index (Phi) is 5.99. The van der Waals surface area contributed by atoms with Crippen LogP contribution in [-0.4, -0.2) is 38.0 Å². The molecule has 33 heavy (non-hydrogen) atoms. The molecule has 2 atom stereocenters. The van der Waals surface area contributed by atoms with Gasteiger partial charge < -0.3 is 16.0 Å². The van der Waals surface area contributed by atoms with Gasteiger partial charge in [0.05, 0.1) is 23.1 Å². The summed E-state index contributed by atoms with van der Waals surface area (Å²) in [4.78, 5) is 26.1. The van der Waals surface area contributed by atoms with Crippen LogP contribution >= 0.6 is 0 Å². The standard InChI is InChI=1S/C25H27N7O/c1-17(18-7-3-2-4-8-18)29-25-27-14-12-23(31-25)32-16-28-21-15-19(10-11-22(21)32)30-24(33)20-9-5-6-13-26-20/h2-4,7-8,10-12,14-17,20,26H,5-6,9,13H2,1H3,(H,30,33)(H,27,29,31). The van der Waals surface area contributed by atoms with Crippen LogP contribution in [0.1, 0.15) is 37.8 Å². The van der Waals surface area contributed by atoms with Crippen molar-refractivity contribution in [3.05, 3.63) is 72.7 Å². The van der Waals surface area contributed by atoms with Gasteiger partial charge in [-0.25, -0.2) is 9.97 Å². The molecule has 1 amide bonds. The number of rotatable bonds is 6. The van der Waals surface area contributed by atoms with E-state index in [0.717, 1.165) is 53.9 Å². The highest BCUT2D eigenvalue weighted by Crippen LogP contribution is 2.23. The molecular weight excluding hydrogens is 414 g/mol. The predicted octanol–water partition coefficient (Wildman–Crippen LogP) is 4.07. The van der Waals surface area contributed by atoms with E-state index in [0.29, 0.717) is 5.95 Å². The molecule has 0 spiro atoms. The molecule has 0 aliphatic carbocycles. The van der Waals surface area contributed by atoms with Crippen LogP contribution in [-0.2, 0) is 4.79 Å². The smallest absolute Gasteiger partial charge is 0.241 e. The molecule has 0 bridgehead atoms. The Balaban J connectivity index is 1.34. The molecule has 0 saturated carbocycles. The van der Waals surface area contributed by atoms with Crippen molar-refractivity contribution in [1.82, 2.24) is 24.8 Å². The lowest BCUT2D eigenvalue weighted by Crippen LogP contribution is -2.43. The molecule has 3 N–H and O–H groups in total. The van der Waals surface area contributed by atoms with Gasteiger partial charge in [0.1, 0.15) is 12.1 Å². The predicted molar refractivity (Wildman–Crippen MR) is 129 cm³/mol. The molecule has 8 nitrogen and oxygen atoms in total. The van der Waals surface area contributed by atoms with Crippen LogP contribution in [0.25, 0.3) is 16.9 Å². The lowest BCUT2D eigenvalue weighted by atomic mass is 10.0. The maximum absolute atomic E-state index is 12.5. The molecular formula is C25H27N7O. The van der Waals surface area contributed by atoms with Crippen LogP contribution < -0.4 is 16.0 Å². The molecule has 0 radical (unpaired) electrons. The lowest BCUT2D eigenvalue weighted by molar-refractivity contribution is -0.118. The number of amides is 1. The highest BCUT2D eigenvalue weighted by molar-refractivity contribution is 5.96. The van der Waals surface area contributed by atoms with Gasteiger partial charge >= 0.3 is 0 Å². The molecule has 8 heteroatoms. The van der Waals surface area contributed by atoms with Gasteiger partial charge in [-0.15, -0.1) is 0 Å². The number of piperidine rings is 1. The summed E-state index contributed by atoms with van der Waals surface area (Å²) in [7, 11) is 0. The van der Waals surface area contributed by atoms with Crippen molar-refractivity contribution in [2.75, 3.05) is 17.2 Å². The Hall–Kier alpha value is -3.78. The zero-order chi connectivity index (χ0) is 22.6. The second-order valence-corrected chi connectivity index (χ2v) is 8.32. The normalized spacial score (nSPS) is 16.9. The third-order valence-electron chi connectivity index (χ3n) is 5.97. The summed E-state index contributed by atoms with van der Waals surface area (Å²) < 4.78 is 1.92. The number of carbonyl (C=O) groups is 1. The van der Waals surface area contributed by atoms with E-state index in [1.165, 1.54) is 0 Å². The third-order valence-corrected chi connectivity index (χ3v) is 5.97. The fraction of sp³-hybridized carbons (Fsp3) is 0.280. The number of hydrogen-bond acceptors (Lipinski definition) is 6. The summed E-state index contributed by atoms with van der Waals surface area (Å²) in [5.41, 5.74) is 3.60. The molecule has 1 saturated heterocycles. The average molecular weight is 442 g/mol. The Morgan fingerprint density at radius 3 is 2.82 bits per heavy atom. The minimum atomic E-state index is -0.128. The molecule has 1 aliphatic heterocycles. The van der Waals surface area contributed by atoms with Gasteiger partial charge in [-0.2, -0.15) is 4.98 Å². The first kappa shape index (κ1) is 21.1. The fourth-order valence-electron chi connectivity index (χ4n) is 4.15. The van der Waals surface area contributed by atoms with Crippen molar-refractivity contribution >= 4 is 28.6 Å². The average Bonchev–Trinajstić information content (AvgIpc) is 3.28. The number of nitrogens with one attached hydrogen (secondary N) is 3. The molecule has 1 fully saturated rings. The van der Waals surface area contributed by atoms with Gasteiger partial charge in [0.15, 0.2) is 0 Å². The lowest BCUT2D eigenvalue weighted by Gasteiger charge is -2.22. The van der Waals surface area contributed by atoms with Gasteiger partial charge in [-0.05, 0) is 56.1 Å². The van der Waals surface area contributed by atoms with Gasteiger partial charge in [0.2, 0.25) is 11.9 Å². The number of anilines is 2. The van der Waals surface area contributed by atoms with E-state index < -0.39 is 0 Å². The molecule has 3 heterocycles. The Labute approximate surface area is 192 Å². The second kappa shape index (κ2) is 9.38. The number of hydrogen-bond donors (Lipinski definition) is 3. The van der Waals surface area contributed by atoms with Gasteiger partial charge in [0, 0.05) is 11.9 Å². The van der Waals surface area contributed by atoms with Crippen LogP contribution in [0, 0.1) is 0 Å². The maximum atomic E-state index is 12.5. The second-order valence-electron chi connectivity index (χ2n) is 8.32. The SMILES string of the molecule is CC(Nc1nccc(-n2cnc3cc(NC(=O)C4CCCCN4)ccc32)n1)c1ccccc1. The van der Waals surface area contributed by atoms with E-state index >= 15 is 0 Å². The molecule has 5 rings (SSSR count). The van der Waals surface area contributed by atoms with Crippen molar-refractivity contribution in [2.24, 2.45) is 0 Å². The first-order valence-corrected chi connectivity index (χ1v) is 11.3. The number of nitrogens with zero attached hydrogens (tertiary/aromatic N) is 4. The number of carbonyl (C=O) groups excluding carboxylic acids is 1. The highest BCUT2D eigenvalue weighted by Gasteiger charge is 2.20. The zero-order valence-corrected chi connectivity index (χ0v) is 18.5. The largest absolute Gasteiger partial charge is 0.348 e. The van der Waals surface area contributed by atoms with Crippen molar-refractivity contribution in [3.8, 4) is 5.82 Å². The molecule has 4 aromatic rings. The summed E-state index contributed by atoms with van der Waals surface area (Å²) >= 11 is 0. The number of fused-ring (bicyclic) bond motifs is 1. The molecule has 1 aliphatic rings. The third kappa shape index (κ3) is 4.70. The van der Waals surface area contributed by atoms with Gasteiger partial charge in [0.25, 0.3) is 0 Å². The van der Waals surface area contributed by atoms with Crippen molar-refractivity contribution in [1.29, 1.82) is 0 Å². The summed E-state index contributed by atoms with van der Waals surface area (Å²) in [6.07, 6.45) is 6.55. The van der Waals surface area contributed by atoms with Crippen LogP contribution in [0.3, 0.4) is 0 Å². The number of aromatic nitrogens is 4. The summed E-state index contributed by atoms with van der Waals surface area (Å²) in [6.45, 7) is 2.97. The molecule has 2 aromatic carbocycles. The minimum Gasteiger partial charge on any atom is -0.348 e. The van der Waals surface area contributed by atoms with Crippen molar-refractivity contribution in [3.63, 3.8) is 0 Å². The van der Waals surface area contributed by atoms with E-state index in [1.54, 1.807) is 12.5 Å². The quantitative estimate of drug-likeness (QED) is 0.417. The van der Waals surface area contributed by atoms with Crippen LogP contribution in [0.15, 0.2) is 67.1 Å². The molecule has 2 aromatic heterocycles. The van der Waals surface area contributed by atoms with E-state index in [2.05, 4.69) is 50.0 Å². The van der Waals surface area contributed by atoms with Crippen LogP contribution in [0.2, 0.25) is 0 Å². The van der Waals surface area contributed by atoms with Crippen LogP contribution in [0.4, 0.5) is 11.6 Å². The van der Waals surface area contributed by atoms with E-state index in [1.807, 2.05) is 47.0 Å². The van der Waals surface area contributed by atoms with Crippen molar-refractivity contribution < 1.29 is 4.79 Å². The fourth-order valence-corrected chi connectivity index (χ4v) is 4.15. The molecule has 2 unspecified atom stereocenters. The Morgan fingerprint density at radius 2 is 2.00 bits per heavy atom. The zero-order valence-electron chi connectivity index (χ0n) is 18.5. The Bertz CT molecular complexity index is 1250. The summed E-state index contributed by atoms with van der Waals surface area (Å²) in [5, 5.41) is 9.65. The molecule has 168 valence electrons. The number of benzene rings is 2. The minimum absolute atomic E-state index is 0.00698. The van der Waals surface area contributed by atoms with Gasteiger partial charge in [-0.1, -0.05) is 36.8 Å².